The van der Waals surface area contributed by atoms with Crippen LogP contribution in [-0.2, 0) is 40.9 Å². The summed E-state index contributed by atoms with van der Waals surface area (Å²) in [4.78, 5) is 24.6. The number of carbonyl (C=O) groups excluding carboxylic acids is 1. The van der Waals surface area contributed by atoms with Crippen LogP contribution in [0.1, 0.15) is 68.9 Å². The minimum Gasteiger partial charge on any atom is -0.371 e. The fraction of sp³-hybridized carbons (Fsp3) is 0.463. The number of sulfonamides is 2. The molecule has 10 heterocycles. The number of rotatable bonds is 11. The van der Waals surface area contributed by atoms with Crippen molar-refractivity contribution in [2.75, 3.05) is 143 Å². The molecule has 0 spiro atoms. The lowest BCUT2D eigenvalue weighted by Crippen LogP contribution is -2.48. The van der Waals surface area contributed by atoms with Gasteiger partial charge in [0.1, 0.15) is 9.84 Å². The number of piperazine rings is 2. The van der Waals surface area contributed by atoms with Gasteiger partial charge in [-0.05, 0) is 130 Å². The van der Waals surface area contributed by atoms with E-state index in [1.165, 1.54) is 41.8 Å². The van der Waals surface area contributed by atoms with Crippen LogP contribution in [0.3, 0.4) is 0 Å². The van der Waals surface area contributed by atoms with E-state index in [0.717, 1.165) is 166 Å². The molecule has 5 aliphatic rings. The highest BCUT2D eigenvalue weighted by Gasteiger charge is 2.34. The lowest BCUT2D eigenvalue weighted by Gasteiger charge is -2.35. The molecule has 10 aromatic rings. The first-order valence-corrected chi connectivity index (χ1v) is 41.2. The normalized spacial score (nSPS) is 17.5. The smallest absolute Gasteiger partial charge is 0.371 e. The number of likely N-dealkylation sites (tertiary alicyclic amines) is 1. The first kappa shape index (κ1) is 76.1. The standard InChI is InChI=1S/C15H20ClN3O2S.C15H16F3N3O.C13H17ClN4O2S.C12H15BrN4O2S.C12H15ClN4/c1-22(20,21)7-4-11-2-5-19(6-3-11)15-9-12(16)8-14-13(15)10-17-18-14;1-9(22)21-4-2-10(3-5-21)12-6-11(15(16,17)18)7-14-13(12)8-19-20-14;1-21(19,20)17-10-2-4-18(5-3-10)13-7-9(14)6-12-11(13)8-15-16-12;1-20(18,19)17-4-2-16(3-5-17)12-7-9(13)6-11-10(12)8-14-15-11;1-16-2-4-17(5-3-16)12-7-9(13)6-11-10(12)8-14-15-11/h8-11H,2-7H2,1H3,(H,17,18);6-8,10H,2-5H2,1H3,(H,19,20);6-8,10,17H,2-5H2,1H3,(H,15,16);6-8H,2-5H2,1H3,(H,14,15);6-8H,2-5H2,1H3,(H,14,15). The van der Waals surface area contributed by atoms with Crippen LogP contribution in [0.5, 0.6) is 0 Å². The van der Waals surface area contributed by atoms with E-state index in [0.29, 0.717) is 84.9 Å². The van der Waals surface area contributed by atoms with Crippen molar-refractivity contribution >= 4 is 164 Å². The minimum absolute atomic E-state index is 0.00951. The summed E-state index contributed by atoms with van der Waals surface area (Å²) in [6.07, 6.45) is 14.0. The summed E-state index contributed by atoms with van der Waals surface area (Å²) >= 11 is 22.0. The van der Waals surface area contributed by atoms with Gasteiger partial charge >= 0.3 is 6.18 Å². The zero-order chi connectivity index (χ0) is 72.8. The highest BCUT2D eigenvalue weighted by atomic mass is 79.9. The first-order valence-electron chi connectivity index (χ1n) is 33.5. The number of likely N-dealkylation sites (N-methyl/N-ethyl adjacent to an activating group) is 1. The second-order valence-electron chi connectivity index (χ2n) is 26.6. The SMILES string of the molecule is CC(=O)N1CCC(c2cc(C(F)(F)F)cc3[nH]ncc23)CC1.CN1CCN(c2cc(Cl)cc3[nH]ncc23)CC1.CS(=O)(=O)CCC1CCN(c2cc(Cl)cc3[nH]ncc23)CC1.CS(=O)(=O)N1CCN(c2cc(Br)cc3[nH]ncc23)CC1.CS(=O)(=O)NC1CCN(c2cc(Cl)cc3[nH]ncc23)CC1. The van der Waals surface area contributed by atoms with Gasteiger partial charge in [0.05, 0.1) is 82.4 Å². The van der Waals surface area contributed by atoms with E-state index in [9.17, 15) is 43.2 Å². The largest absolute Gasteiger partial charge is 0.416 e. The van der Waals surface area contributed by atoms with Crippen LogP contribution >= 0.6 is 50.7 Å². The number of nitrogens with one attached hydrogen (secondary N) is 6. The molecule has 0 saturated carbocycles. The fourth-order valence-electron chi connectivity index (χ4n) is 13.8. The Morgan fingerprint density at radius 2 is 0.912 bits per heavy atom. The maximum atomic E-state index is 13.0. The van der Waals surface area contributed by atoms with Crippen LogP contribution in [0.2, 0.25) is 15.1 Å². The van der Waals surface area contributed by atoms with Gasteiger partial charge in [0.15, 0.2) is 0 Å². The Morgan fingerprint density at radius 3 is 1.32 bits per heavy atom. The van der Waals surface area contributed by atoms with E-state index in [1.807, 2.05) is 60.9 Å². The predicted molar refractivity (Wildman–Crippen MR) is 403 cm³/mol. The molecule has 5 saturated heterocycles. The summed E-state index contributed by atoms with van der Waals surface area (Å²) in [5.41, 5.74) is 8.67. The maximum Gasteiger partial charge on any atom is 0.416 e. The Balaban J connectivity index is 0.000000128. The van der Waals surface area contributed by atoms with Crippen molar-refractivity contribution in [2.24, 2.45) is 5.92 Å². The zero-order valence-corrected chi connectivity index (χ0v) is 63.3. The quantitative estimate of drug-likeness (QED) is 0.0701. The molecule has 0 radical (unpaired) electrons. The van der Waals surface area contributed by atoms with Gasteiger partial charge in [0, 0.05) is 180 Å². The van der Waals surface area contributed by atoms with Gasteiger partial charge in [0.2, 0.25) is 26.0 Å². The van der Waals surface area contributed by atoms with Gasteiger partial charge in [0.25, 0.3) is 0 Å². The topological polar surface area (TPSA) is 298 Å². The summed E-state index contributed by atoms with van der Waals surface area (Å²) in [6, 6.07) is 18.0. The molecule has 0 unspecified atom stereocenters. The molecule has 0 bridgehead atoms. The molecule has 5 aromatic heterocycles. The molecular weight excluding hydrogens is 1510 g/mol. The lowest BCUT2D eigenvalue weighted by atomic mass is 9.86. The molecule has 102 heavy (non-hydrogen) atoms. The number of amides is 1. The summed E-state index contributed by atoms with van der Waals surface area (Å²) in [6.45, 7) is 12.8. The number of benzene rings is 5. The summed E-state index contributed by atoms with van der Waals surface area (Å²) < 4.78 is 113. The average molecular weight is 1590 g/mol. The number of nitrogens with zero attached hydrogens (tertiary/aromatic N) is 12. The second kappa shape index (κ2) is 32.6. The number of hydrogen-bond donors (Lipinski definition) is 6. The average Bonchev–Trinajstić information content (AvgIpc) is 1.53. The minimum atomic E-state index is -4.38. The number of sulfone groups is 1. The first-order chi connectivity index (χ1) is 48.4. The van der Waals surface area contributed by atoms with Crippen LogP contribution in [0.15, 0.2) is 96.1 Å². The molecule has 15 rings (SSSR count). The van der Waals surface area contributed by atoms with Crippen LogP contribution in [0, 0.1) is 5.92 Å². The molecular formula is C67H83BrCl3F3N18O7S3. The predicted octanol–water partition coefficient (Wildman–Crippen LogP) is 11.3. The Bertz CT molecular complexity index is 4910. The molecule has 5 fully saturated rings. The Labute approximate surface area is 613 Å². The monoisotopic (exact) mass is 1590 g/mol. The molecule has 1 amide bonds. The number of H-pyrrole nitrogens is 5. The van der Waals surface area contributed by atoms with Crippen LogP contribution < -0.4 is 24.3 Å². The van der Waals surface area contributed by atoms with Crippen molar-refractivity contribution in [3.63, 3.8) is 0 Å². The van der Waals surface area contributed by atoms with Crippen molar-refractivity contribution in [1.82, 2.24) is 69.8 Å². The van der Waals surface area contributed by atoms with E-state index in [1.54, 1.807) is 23.5 Å². The molecule has 0 aliphatic carbocycles. The molecule has 5 aliphatic heterocycles. The van der Waals surface area contributed by atoms with Gasteiger partial charge in [-0.3, -0.25) is 30.3 Å². The van der Waals surface area contributed by atoms with E-state index in [4.69, 9.17) is 34.8 Å². The van der Waals surface area contributed by atoms with Gasteiger partial charge in [-0.15, -0.1) is 0 Å². The third kappa shape index (κ3) is 19.7. The van der Waals surface area contributed by atoms with E-state index < -0.39 is 41.6 Å². The number of aromatic nitrogens is 10. The van der Waals surface area contributed by atoms with E-state index in [-0.39, 0.29) is 17.9 Å². The number of hydrogen-bond acceptors (Lipinski definition) is 17. The van der Waals surface area contributed by atoms with Crippen molar-refractivity contribution in [1.29, 1.82) is 0 Å². The maximum absolute atomic E-state index is 13.0. The molecule has 35 heteroatoms. The fourth-order valence-corrected chi connectivity index (χ4v) is 17.3. The summed E-state index contributed by atoms with van der Waals surface area (Å²) in [7, 11) is -6.94. The van der Waals surface area contributed by atoms with Crippen molar-refractivity contribution in [3.05, 3.63) is 122 Å². The molecule has 550 valence electrons. The van der Waals surface area contributed by atoms with E-state index in [2.05, 4.69) is 103 Å². The van der Waals surface area contributed by atoms with Crippen LogP contribution in [-0.4, -0.2) is 225 Å². The lowest BCUT2D eigenvalue weighted by molar-refractivity contribution is -0.137. The second-order valence-corrected chi connectivity index (χ2v) is 34.9. The van der Waals surface area contributed by atoms with Crippen LogP contribution in [0.4, 0.5) is 35.9 Å². The molecule has 5 aromatic carbocycles. The highest BCUT2D eigenvalue weighted by molar-refractivity contribution is 9.10. The zero-order valence-electron chi connectivity index (χ0n) is 57.0. The molecule has 6 N–H and O–H groups in total. The number of fused-ring (bicyclic) bond motifs is 5. The highest BCUT2D eigenvalue weighted by Crippen LogP contribution is 2.40. The number of piperidine rings is 3. The van der Waals surface area contributed by atoms with Crippen molar-refractivity contribution in [3.8, 4) is 0 Å². The molecule has 0 atom stereocenters. The number of carbonyl (C=O) groups is 1. The Hall–Kier alpha value is -7.01. The molecule has 25 nitrogen and oxygen atoms in total. The van der Waals surface area contributed by atoms with Crippen molar-refractivity contribution in [2.45, 2.75) is 70.0 Å². The number of halogens is 7. The third-order valence-corrected chi connectivity index (χ3v) is 23.4. The Morgan fingerprint density at radius 1 is 0.520 bits per heavy atom. The van der Waals surface area contributed by atoms with Gasteiger partial charge in [-0.25, -0.2) is 30.0 Å². The number of alkyl halides is 3. The van der Waals surface area contributed by atoms with Crippen molar-refractivity contribution < 1.29 is 43.2 Å². The number of aromatic amines is 5. The summed E-state index contributed by atoms with van der Waals surface area (Å²) in [5.74, 6) is 0.805. The van der Waals surface area contributed by atoms with Gasteiger partial charge < -0.3 is 29.4 Å². The number of anilines is 4. The van der Waals surface area contributed by atoms with Crippen LogP contribution in [0.25, 0.3) is 54.5 Å². The third-order valence-electron chi connectivity index (χ3n) is 19.3. The Kier molecular flexibility index (Phi) is 24.3. The summed E-state index contributed by atoms with van der Waals surface area (Å²) in [5, 5.41) is 41.8. The van der Waals surface area contributed by atoms with Gasteiger partial charge in [-0.1, -0.05) is 50.7 Å². The van der Waals surface area contributed by atoms with E-state index >= 15 is 0 Å². The van der Waals surface area contributed by atoms with Gasteiger partial charge in [-0.2, -0.15) is 43.0 Å².